The molecule has 0 aliphatic carbocycles. The van der Waals surface area contributed by atoms with E-state index in [9.17, 15) is 0 Å². The van der Waals surface area contributed by atoms with Gasteiger partial charge in [0.15, 0.2) is 11.5 Å². The summed E-state index contributed by atoms with van der Waals surface area (Å²) < 4.78 is 10.7. The second-order valence-electron chi connectivity index (χ2n) is 5.36. The third kappa shape index (κ3) is 2.85. The van der Waals surface area contributed by atoms with Crippen molar-refractivity contribution in [2.24, 2.45) is 0 Å². The van der Waals surface area contributed by atoms with Crippen LogP contribution in [0.4, 0.5) is 5.82 Å². The number of nitrogens with one attached hydrogen (secondary N) is 1. The summed E-state index contributed by atoms with van der Waals surface area (Å²) in [4.78, 5) is 10.3. The zero-order valence-electron chi connectivity index (χ0n) is 12.7. The largest absolute Gasteiger partial charge is 0.454 e. The zero-order chi connectivity index (χ0) is 16.7. The molecule has 1 N–H and O–H groups in total. The predicted octanol–water partition coefficient (Wildman–Crippen LogP) is 4.69. The Balaban J connectivity index is 1.53. The van der Waals surface area contributed by atoms with Crippen LogP contribution in [0.15, 0.2) is 18.2 Å². The molecule has 8 heteroatoms. The van der Waals surface area contributed by atoms with Crippen LogP contribution in [0.25, 0.3) is 10.2 Å². The molecule has 1 aliphatic rings. The first-order chi connectivity index (χ1) is 11.6. The van der Waals surface area contributed by atoms with Gasteiger partial charge in [0.25, 0.3) is 0 Å². The number of halogens is 2. The molecule has 24 heavy (non-hydrogen) atoms. The summed E-state index contributed by atoms with van der Waals surface area (Å²) in [5.41, 5.74) is 1.15. The Morgan fingerprint density at radius 2 is 2.04 bits per heavy atom. The van der Waals surface area contributed by atoms with E-state index >= 15 is 0 Å². The molecule has 3 aromatic rings. The number of fused-ring (bicyclic) bond motifs is 2. The molecule has 1 aromatic carbocycles. The molecule has 4 rings (SSSR count). The molecule has 0 bridgehead atoms. The van der Waals surface area contributed by atoms with Gasteiger partial charge >= 0.3 is 0 Å². The second kappa shape index (κ2) is 6.27. The van der Waals surface area contributed by atoms with Crippen molar-refractivity contribution in [1.82, 2.24) is 9.97 Å². The second-order valence-corrected chi connectivity index (χ2v) is 7.28. The lowest BCUT2D eigenvalue weighted by atomic mass is 10.1. The van der Waals surface area contributed by atoms with Crippen molar-refractivity contribution in [2.45, 2.75) is 13.3 Å². The number of rotatable bonds is 4. The number of benzene rings is 1. The Morgan fingerprint density at radius 1 is 1.21 bits per heavy atom. The standard InChI is InChI=1S/C16H13Cl2N3O2S/c1-8-13(17)12-14(20-16(18)21-15(12)24-8)19-5-4-9-2-3-10-11(6-9)23-7-22-10/h2-3,6H,4-5,7H2,1H3,(H,19,20,21). The van der Waals surface area contributed by atoms with Gasteiger partial charge < -0.3 is 14.8 Å². The fraction of sp³-hybridized carbons (Fsp3) is 0.250. The average Bonchev–Trinajstić information content (AvgIpc) is 3.12. The maximum absolute atomic E-state index is 6.38. The molecule has 0 atom stereocenters. The molecule has 0 fully saturated rings. The van der Waals surface area contributed by atoms with Gasteiger partial charge in [0.1, 0.15) is 10.6 Å². The maximum Gasteiger partial charge on any atom is 0.231 e. The number of nitrogens with zero attached hydrogens (tertiary/aromatic N) is 2. The van der Waals surface area contributed by atoms with E-state index in [0.29, 0.717) is 17.4 Å². The summed E-state index contributed by atoms with van der Waals surface area (Å²) in [7, 11) is 0. The molecule has 0 unspecified atom stereocenters. The quantitative estimate of drug-likeness (QED) is 0.664. The van der Waals surface area contributed by atoms with Crippen molar-refractivity contribution < 1.29 is 9.47 Å². The summed E-state index contributed by atoms with van der Waals surface area (Å²) >= 11 is 13.9. The molecular weight excluding hydrogens is 369 g/mol. The normalized spacial score (nSPS) is 12.8. The van der Waals surface area contributed by atoms with Crippen LogP contribution in [0, 0.1) is 6.92 Å². The SMILES string of the molecule is Cc1sc2nc(Cl)nc(NCCc3ccc4c(c3)OCO4)c2c1Cl. The van der Waals surface area contributed by atoms with Crippen LogP contribution in [0.2, 0.25) is 10.3 Å². The first kappa shape index (κ1) is 15.7. The van der Waals surface area contributed by atoms with Gasteiger partial charge in [0, 0.05) is 11.4 Å². The Kier molecular flexibility index (Phi) is 4.12. The molecule has 2 aromatic heterocycles. The first-order valence-corrected chi connectivity index (χ1v) is 8.93. The van der Waals surface area contributed by atoms with Crippen molar-refractivity contribution >= 4 is 50.6 Å². The maximum atomic E-state index is 6.38. The van der Waals surface area contributed by atoms with E-state index in [2.05, 4.69) is 15.3 Å². The molecule has 0 spiro atoms. The van der Waals surface area contributed by atoms with Crippen molar-refractivity contribution in [2.75, 3.05) is 18.7 Å². The Labute approximate surface area is 152 Å². The highest BCUT2D eigenvalue weighted by atomic mass is 35.5. The van der Waals surface area contributed by atoms with Crippen molar-refractivity contribution in [3.8, 4) is 11.5 Å². The topological polar surface area (TPSA) is 56.3 Å². The smallest absolute Gasteiger partial charge is 0.231 e. The molecule has 5 nitrogen and oxygen atoms in total. The first-order valence-electron chi connectivity index (χ1n) is 7.36. The number of hydrogen-bond donors (Lipinski definition) is 1. The zero-order valence-corrected chi connectivity index (χ0v) is 15.1. The number of aryl methyl sites for hydroxylation is 1. The minimum atomic E-state index is 0.214. The number of hydrogen-bond acceptors (Lipinski definition) is 6. The van der Waals surface area contributed by atoms with E-state index in [-0.39, 0.29) is 12.1 Å². The van der Waals surface area contributed by atoms with Crippen LogP contribution >= 0.6 is 34.5 Å². The van der Waals surface area contributed by atoms with E-state index in [1.54, 1.807) is 0 Å². The van der Waals surface area contributed by atoms with E-state index in [1.165, 1.54) is 11.3 Å². The lowest BCUT2D eigenvalue weighted by Gasteiger charge is -2.08. The van der Waals surface area contributed by atoms with Gasteiger partial charge in [0.05, 0.1) is 10.4 Å². The number of aromatic nitrogens is 2. The average molecular weight is 382 g/mol. The molecular formula is C16H13Cl2N3O2S. The van der Waals surface area contributed by atoms with E-state index < -0.39 is 0 Å². The van der Waals surface area contributed by atoms with Crippen LogP contribution in [-0.2, 0) is 6.42 Å². The van der Waals surface area contributed by atoms with Crippen LogP contribution < -0.4 is 14.8 Å². The third-order valence-electron chi connectivity index (χ3n) is 3.77. The van der Waals surface area contributed by atoms with Gasteiger partial charge in [-0.1, -0.05) is 17.7 Å². The van der Waals surface area contributed by atoms with E-state index in [0.717, 1.165) is 38.6 Å². The number of ether oxygens (including phenoxy) is 2. The van der Waals surface area contributed by atoms with Gasteiger partial charge in [-0.2, -0.15) is 0 Å². The van der Waals surface area contributed by atoms with Gasteiger partial charge in [0.2, 0.25) is 12.1 Å². The van der Waals surface area contributed by atoms with Crippen LogP contribution in [0.5, 0.6) is 11.5 Å². The molecule has 0 radical (unpaired) electrons. The summed E-state index contributed by atoms with van der Waals surface area (Å²) in [6, 6.07) is 5.95. The molecule has 124 valence electrons. The number of thiophene rings is 1. The minimum Gasteiger partial charge on any atom is -0.454 e. The van der Waals surface area contributed by atoms with E-state index in [1.807, 2.05) is 25.1 Å². The Morgan fingerprint density at radius 3 is 2.92 bits per heavy atom. The van der Waals surface area contributed by atoms with Crippen molar-refractivity contribution in [3.63, 3.8) is 0 Å². The summed E-state index contributed by atoms with van der Waals surface area (Å²) in [6.07, 6.45) is 0.806. The Hall–Kier alpha value is -1.76. The van der Waals surface area contributed by atoms with E-state index in [4.69, 9.17) is 32.7 Å². The lowest BCUT2D eigenvalue weighted by Crippen LogP contribution is -2.07. The van der Waals surface area contributed by atoms with Gasteiger partial charge in [-0.3, -0.25) is 0 Å². The molecule has 1 aliphatic heterocycles. The summed E-state index contributed by atoms with van der Waals surface area (Å²) in [5, 5.41) is 5.03. The van der Waals surface area contributed by atoms with Crippen molar-refractivity contribution in [1.29, 1.82) is 0 Å². The predicted molar refractivity (Wildman–Crippen MR) is 96.9 cm³/mol. The monoisotopic (exact) mass is 381 g/mol. The highest BCUT2D eigenvalue weighted by Crippen LogP contribution is 2.38. The summed E-state index contributed by atoms with van der Waals surface area (Å²) in [5.74, 6) is 2.24. The van der Waals surface area contributed by atoms with Crippen LogP contribution in [-0.4, -0.2) is 23.3 Å². The van der Waals surface area contributed by atoms with Crippen LogP contribution in [0.3, 0.4) is 0 Å². The van der Waals surface area contributed by atoms with Crippen molar-refractivity contribution in [3.05, 3.63) is 38.9 Å². The number of anilines is 1. The summed E-state index contributed by atoms with van der Waals surface area (Å²) in [6.45, 7) is 2.93. The van der Waals surface area contributed by atoms with Crippen LogP contribution in [0.1, 0.15) is 10.4 Å². The fourth-order valence-corrected chi connectivity index (χ4v) is 4.09. The van der Waals surface area contributed by atoms with Gasteiger partial charge in [-0.05, 0) is 42.6 Å². The van der Waals surface area contributed by atoms with Gasteiger partial charge in [-0.25, -0.2) is 9.97 Å². The third-order valence-corrected chi connectivity index (χ3v) is 5.52. The highest BCUT2D eigenvalue weighted by Gasteiger charge is 2.16. The fourth-order valence-electron chi connectivity index (χ4n) is 2.60. The molecule has 0 amide bonds. The molecule has 0 saturated carbocycles. The highest BCUT2D eigenvalue weighted by molar-refractivity contribution is 7.19. The Bertz CT molecular complexity index is 929. The minimum absolute atomic E-state index is 0.214. The van der Waals surface area contributed by atoms with Gasteiger partial charge in [-0.15, -0.1) is 11.3 Å². The lowest BCUT2D eigenvalue weighted by molar-refractivity contribution is 0.174. The molecule has 3 heterocycles. The molecule has 0 saturated heterocycles.